The van der Waals surface area contributed by atoms with Gasteiger partial charge in [-0.3, -0.25) is 9.59 Å². The van der Waals surface area contributed by atoms with Crippen LogP contribution in [0.3, 0.4) is 0 Å². The third-order valence-electron chi connectivity index (χ3n) is 3.51. The normalized spacial score (nSPS) is 11.1. The molecule has 0 aliphatic rings. The van der Waals surface area contributed by atoms with E-state index in [0.29, 0.717) is 0 Å². The summed E-state index contributed by atoms with van der Waals surface area (Å²) in [4.78, 5) is 24.4. The maximum atomic E-state index is 11.8. The van der Waals surface area contributed by atoms with Gasteiger partial charge >= 0.3 is 11.8 Å². The number of amides is 2. The van der Waals surface area contributed by atoms with Crippen LogP contribution in [0.2, 0.25) is 0 Å². The highest BCUT2D eigenvalue weighted by Gasteiger charge is 2.14. The average molecular weight is 381 g/mol. The minimum atomic E-state index is -0.812. The second-order valence-corrected chi connectivity index (χ2v) is 6.97. The molecule has 2 N–H and O–H groups in total. The van der Waals surface area contributed by atoms with Crippen molar-refractivity contribution in [2.75, 3.05) is 0 Å². The molecule has 0 unspecified atom stereocenters. The lowest BCUT2D eigenvalue weighted by atomic mass is 10.2. The van der Waals surface area contributed by atoms with Crippen LogP contribution >= 0.6 is 11.3 Å². The maximum Gasteiger partial charge on any atom is 0.329 e. The number of nitrogens with zero attached hydrogens (tertiary/aromatic N) is 3. The smallest absolute Gasteiger partial charge is 0.329 e. The Balaban J connectivity index is 1.82. The number of hydrogen-bond acceptors (Lipinski definition) is 5. The number of aromatic nitrogens is 2. The standard InChI is InChI=1S/C19H19N5O2S/c1-13(2)21-18(25)19(26)22-20-11-14-12-24(15-7-4-3-5-8-15)23-17(14)16-9-6-10-27-16/h3-13H,1-2H3,(H,21,25)(H,22,26)/b20-11-. The SMILES string of the molecule is CC(C)NC(=O)C(=O)N/N=C\c1cn(-c2ccccc2)nc1-c1cccs1. The Morgan fingerprint density at radius 2 is 1.93 bits per heavy atom. The fraction of sp³-hybridized carbons (Fsp3) is 0.158. The summed E-state index contributed by atoms with van der Waals surface area (Å²) in [5, 5.41) is 13.0. The number of carbonyl (C=O) groups excluding carboxylic acids is 2. The first-order chi connectivity index (χ1) is 13.0. The van der Waals surface area contributed by atoms with Crippen LogP contribution in [-0.4, -0.2) is 33.9 Å². The van der Waals surface area contributed by atoms with Crippen LogP contribution in [0.1, 0.15) is 19.4 Å². The van der Waals surface area contributed by atoms with E-state index in [0.717, 1.165) is 21.8 Å². The predicted molar refractivity (Wildman–Crippen MR) is 106 cm³/mol. The number of rotatable bonds is 5. The monoisotopic (exact) mass is 381 g/mol. The maximum absolute atomic E-state index is 11.8. The Kier molecular flexibility index (Phi) is 5.77. The molecule has 7 nitrogen and oxygen atoms in total. The molecule has 27 heavy (non-hydrogen) atoms. The largest absolute Gasteiger partial charge is 0.346 e. The summed E-state index contributed by atoms with van der Waals surface area (Å²) in [5.41, 5.74) is 4.63. The van der Waals surface area contributed by atoms with Crippen LogP contribution in [-0.2, 0) is 9.59 Å². The lowest BCUT2D eigenvalue weighted by Gasteiger charge is -2.05. The Labute approximate surface area is 160 Å². The molecule has 2 aromatic heterocycles. The highest BCUT2D eigenvalue weighted by molar-refractivity contribution is 7.13. The van der Waals surface area contributed by atoms with Gasteiger partial charge in [0.05, 0.1) is 16.8 Å². The zero-order chi connectivity index (χ0) is 19.2. The minimum Gasteiger partial charge on any atom is -0.346 e. The summed E-state index contributed by atoms with van der Waals surface area (Å²) in [6.07, 6.45) is 3.32. The first kappa shape index (κ1) is 18.5. The number of nitrogens with one attached hydrogen (secondary N) is 2. The molecule has 3 rings (SSSR count). The molecule has 0 aliphatic heterocycles. The second-order valence-electron chi connectivity index (χ2n) is 6.02. The fourth-order valence-corrected chi connectivity index (χ4v) is 3.07. The first-order valence-corrected chi connectivity index (χ1v) is 9.25. The Bertz CT molecular complexity index is 946. The lowest BCUT2D eigenvalue weighted by molar-refractivity contribution is -0.139. The lowest BCUT2D eigenvalue weighted by Crippen LogP contribution is -2.41. The molecule has 0 aliphatic carbocycles. The molecule has 3 aromatic rings. The molecule has 2 heterocycles. The molecule has 138 valence electrons. The highest BCUT2D eigenvalue weighted by atomic mass is 32.1. The van der Waals surface area contributed by atoms with Crippen molar-refractivity contribution in [1.82, 2.24) is 20.5 Å². The fourth-order valence-electron chi connectivity index (χ4n) is 2.34. The molecule has 2 amide bonds. The molecule has 0 atom stereocenters. The summed E-state index contributed by atoms with van der Waals surface area (Å²) in [7, 11) is 0. The summed E-state index contributed by atoms with van der Waals surface area (Å²) < 4.78 is 1.75. The quantitative estimate of drug-likeness (QED) is 0.404. The number of hydrazone groups is 1. The van der Waals surface area contributed by atoms with E-state index in [-0.39, 0.29) is 6.04 Å². The highest BCUT2D eigenvalue weighted by Crippen LogP contribution is 2.26. The zero-order valence-electron chi connectivity index (χ0n) is 14.9. The predicted octanol–water partition coefficient (Wildman–Crippen LogP) is 2.58. The van der Waals surface area contributed by atoms with Crippen molar-refractivity contribution in [2.24, 2.45) is 5.10 Å². The van der Waals surface area contributed by atoms with Gasteiger partial charge in [0.2, 0.25) is 0 Å². The van der Waals surface area contributed by atoms with Gasteiger partial charge in [-0.2, -0.15) is 10.2 Å². The van der Waals surface area contributed by atoms with Crippen molar-refractivity contribution in [3.8, 4) is 16.3 Å². The summed E-state index contributed by atoms with van der Waals surface area (Å²) in [5.74, 6) is -1.53. The Morgan fingerprint density at radius 3 is 2.59 bits per heavy atom. The van der Waals surface area contributed by atoms with Crippen molar-refractivity contribution in [3.63, 3.8) is 0 Å². The number of thiophene rings is 1. The molecule has 1 aromatic carbocycles. The van der Waals surface area contributed by atoms with Gasteiger partial charge in [-0.15, -0.1) is 11.3 Å². The van der Waals surface area contributed by atoms with E-state index in [2.05, 4.69) is 20.9 Å². The first-order valence-electron chi connectivity index (χ1n) is 8.37. The van der Waals surface area contributed by atoms with Gasteiger partial charge in [0.1, 0.15) is 5.69 Å². The summed E-state index contributed by atoms with van der Waals surface area (Å²) in [6, 6.07) is 13.5. The molecule has 0 saturated carbocycles. The molecule has 0 saturated heterocycles. The van der Waals surface area contributed by atoms with Crippen molar-refractivity contribution in [1.29, 1.82) is 0 Å². The van der Waals surface area contributed by atoms with E-state index >= 15 is 0 Å². The number of benzene rings is 1. The van der Waals surface area contributed by atoms with E-state index in [1.54, 1.807) is 29.9 Å². The number of hydrogen-bond donors (Lipinski definition) is 2. The van der Waals surface area contributed by atoms with Crippen molar-refractivity contribution in [2.45, 2.75) is 19.9 Å². The summed E-state index contributed by atoms with van der Waals surface area (Å²) in [6.45, 7) is 3.56. The van der Waals surface area contributed by atoms with E-state index in [1.807, 2.05) is 54.0 Å². The van der Waals surface area contributed by atoms with Crippen LogP contribution in [0.15, 0.2) is 59.1 Å². The Morgan fingerprint density at radius 1 is 1.15 bits per heavy atom. The third kappa shape index (κ3) is 4.68. The number of para-hydroxylation sites is 1. The molecular formula is C19H19N5O2S. The molecule has 0 fully saturated rings. The van der Waals surface area contributed by atoms with Gasteiger partial charge in [-0.1, -0.05) is 24.3 Å². The molecule has 0 radical (unpaired) electrons. The van der Waals surface area contributed by atoms with Crippen LogP contribution in [0.25, 0.3) is 16.3 Å². The van der Waals surface area contributed by atoms with Gasteiger partial charge in [-0.05, 0) is 37.4 Å². The summed E-state index contributed by atoms with van der Waals surface area (Å²) >= 11 is 1.56. The van der Waals surface area contributed by atoms with Gasteiger partial charge in [-0.25, -0.2) is 10.1 Å². The van der Waals surface area contributed by atoms with E-state index in [4.69, 9.17) is 0 Å². The second kappa shape index (κ2) is 8.41. The van der Waals surface area contributed by atoms with E-state index < -0.39 is 11.8 Å². The van der Waals surface area contributed by atoms with Gasteiger partial charge < -0.3 is 5.32 Å². The van der Waals surface area contributed by atoms with Crippen molar-refractivity contribution < 1.29 is 9.59 Å². The number of carbonyl (C=O) groups is 2. The third-order valence-corrected chi connectivity index (χ3v) is 4.39. The molecule has 0 bridgehead atoms. The molecule has 0 spiro atoms. The van der Waals surface area contributed by atoms with Crippen LogP contribution < -0.4 is 10.7 Å². The van der Waals surface area contributed by atoms with E-state index in [1.165, 1.54) is 6.21 Å². The van der Waals surface area contributed by atoms with Crippen LogP contribution in [0.5, 0.6) is 0 Å². The van der Waals surface area contributed by atoms with Gasteiger partial charge in [0.15, 0.2) is 0 Å². The van der Waals surface area contributed by atoms with Crippen molar-refractivity contribution in [3.05, 3.63) is 59.6 Å². The van der Waals surface area contributed by atoms with E-state index in [9.17, 15) is 9.59 Å². The molecular weight excluding hydrogens is 362 g/mol. The van der Waals surface area contributed by atoms with Crippen LogP contribution in [0, 0.1) is 0 Å². The topological polar surface area (TPSA) is 88.4 Å². The van der Waals surface area contributed by atoms with Gasteiger partial charge in [0, 0.05) is 17.8 Å². The zero-order valence-corrected chi connectivity index (χ0v) is 15.7. The molecule has 8 heteroatoms. The minimum absolute atomic E-state index is 0.123. The van der Waals surface area contributed by atoms with Crippen LogP contribution in [0.4, 0.5) is 0 Å². The van der Waals surface area contributed by atoms with Crippen molar-refractivity contribution >= 4 is 29.4 Å². The average Bonchev–Trinajstić information content (AvgIpc) is 3.31. The van der Waals surface area contributed by atoms with Gasteiger partial charge in [0.25, 0.3) is 0 Å². The Hall–Kier alpha value is -3.26.